The molecule has 1 aliphatic rings. The van der Waals surface area contributed by atoms with Crippen LogP contribution in [0.2, 0.25) is 0 Å². The third-order valence-electron chi connectivity index (χ3n) is 5.40. The number of hydrogen-bond donors (Lipinski definition) is 1. The van der Waals surface area contributed by atoms with Crippen LogP contribution in [-0.4, -0.2) is 38.3 Å². The van der Waals surface area contributed by atoms with E-state index in [0.717, 1.165) is 42.6 Å². The first kappa shape index (κ1) is 23.3. The summed E-state index contributed by atoms with van der Waals surface area (Å²) >= 11 is 0. The van der Waals surface area contributed by atoms with Gasteiger partial charge < -0.3 is 10.1 Å². The number of carbonyl (C=O) groups excluding carboxylic acids is 1. The molecule has 0 bridgehead atoms. The van der Waals surface area contributed by atoms with Crippen LogP contribution in [0.25, 0.3) is 0 Å². The minimum atomic E-state index is -3.41. The molecule has 7 heteroatoms. The number of sulfonamides is 1. The number of hydrogen-bond acceptors (Lipinski definition) is 4. The molecule has 1 heterocycles. The molecule has 2 aromatic carbocycles. The van der Waals surface area contributed by atoms with Crippen molar-refractivity contribution < 1.29 is 17.9 Å². The second kappa shape index (κ2) is 11.3. The van der Waals surface area contributed by atoms with Gasteiger partial charge >= 0.3 is 0 Å². The zero-order valence-corrected chi connectivity index (χ0v) is 19.0. The zero-order valence-electron chi connectivity index (χ0n) is 18.2. The van der Waals surface area contributed by atoms with Crippen molar-refractivity contribution in [3.05, 3.63) is 59.7 Å². The smallest absolute Gasteiger partial charge is 0.243 e. The Hall–Kier alpha value is -2.38. The van der Waals surface area contributed by atoms with E-state index in [1.165, 1.54) is 0 Å². The van der Waals surface area contributed by atoms with Crippen LogP contribution in [0.4, 0.5) is 0 Å². The van der Waals surface area contributed by atoms with Crippen molar-refractivity contribution >= 4 is 15.9 Å². The van der Waals surface area contributed by atoms with Gasteiger partial charge in [0.05, 0.1) is 11.5 Å². The Morgan fingerprint density at radius 2 is 1.61 bits per heavy atom. The van der Waals surface area contributed by atoms with E-state index in [2.05, 4.69) is 12.2 Å². The highest BCUT2D eigenvalue weighted by molar-refractivity contribution is 7.89. The van der Waals surface area contributed by atoms with E-state index in [1.807, 2.05) is 24.3 Å². The number of ether oxygens (including phenoxy) is 1. The first-order chi connectivity index (χ1) is 15.0. The molecule has 1 fully saturated rings. The summed E-state index contributed by atoms with van der Waals surface area (Å²) in [6.07, 6.45) is 4.82. The van der Waals surface area contributed by atoms with Crippen LogP contribution in [0.15, 0.2) is 53.4 Å². The fraction of sp³-hybridized carbons (Fsp3) is 0.458. The number of benzene rings is 2. The molecule has 1 aliphatic heterocycles. The Kier molecular flexibility index (Phi) is 8.49. The fourth-order valence-corrected chi connectivity index (χ4v) is 5.07. The Morgan fingerprint density at radius 1 is 0.968 bits per heavy atom. The van der Waals surface area contributed by atoms with Gasteiger partial charge in [-0.25, -0.2) is 8.42 Å². The second-order valence-electron chi connectivity index (χ2n) is 7.88. The number of rotatable bonds is 10. The van der Waals surface area contributed by atoms with Gasteiger partial charge in [0, 0.05) is 26.1 Å². The van der Waals surface area contributed by atoms with Crippen LogP contribution < -0.4 is 10.1 Å². The van der Waals surface area contributed by atoms with Crippen LogP contribution in [-0.2, 0) is 27.8 Å². The molecule has 0 spiro atoms. The Balaban J connectivity index is 1.45. The third kappa shape index (κ3) is 6.80. The van der Waals surface area contributed by atoms with E-state index in [-0.39, 0.29) is 5.91 Å². The van der Waals surface area contributed by atoms with Gasteiger partial charge in [0.15, 0.2) is 0 Å². The van der Waals surface area contributed by atoms with Gasteiger partial charge in [0.25, 0.3) is 0 Å². The first-order valence-electron chi connectivity index (χ1n) is 11.1. The molecule has 31 heavy (non-hydrogen) atoms. The topological polar surface area (TPSA) is 75.7 Å². The molecule has 168 valence electrons. The lowest BCUT2D eigenvalue weighted by Gasteiger charge is -2.25. The highest BCUT2D eigenvalue weighted by Crippen LogP contribution is 2.21. The van der Waals surface area contributed by atoms with Crippen molar-refractivity contribution in [2.24, 2.45) is 0 Å². The van der Waals surface area contributed by atoms with E-state index in [1.54, 1.807) is 28.6 Å². The summed E-state index contributed by atoms with van der Waals surface area (Å²) in [6.45, 7) is 4.43. The van der Waals surface area contributed by atoms with Crippen LogP contribution in [0.1, 0.15) is 50.2 Å². The molecule has 0 aromatic heterocycles. The molecule has 1 amide bonds. The molecular weight excluding hydrogens is 412 g/mol. The maximum atomic E-state index is 12.7. The molecule has 3 rings (SSSR count). The SMILES string of the molecule is CCCOc1ccc(CNC(=O)CCc2ccc(S(=O)(=O)N3CCCCC3)cc2)cc1. The molecule has 0 radical (unpaired) electrons. The van der Waals surface area contributed by atoms with Crippen molar-refractivity contribution in [3.63, 3.8) is 0 Å². The predicted molar refractivity (Wildman–Crippen MR) is 121 cm³/mol. The third-order valence-corrected chi connectivity index (χ3v) is 7.32. The van der Waals surface area contributed by atoms with Gasteiger partial charge in [0.1, 0.15) is 5.75 Å². The first-order valence-corrected chi connectivity index (χ1v) is 12.5. The Bertz CT molecular complexity index is 935. The van der Waals surface area contributed by atoms with Crippen LogP contribution in [0.5, 0.6) is 5.75 Å². The predicted octanol–water partition coefficient (Wildman–Crippen LogP) is 3.90. The van der Waals surface area contributed by atoms with Crippen molar-refractivity contribution in [2.45, 2.75) is 56.9 Å². The van der Waals surface area contributed by atoms with E-state index in [4.69, 9.17) is 4.74 Å². The highest BCUT2D eigenvalue weighted by atomic mass is 32.2. The van der Waals surface area contributed by atoms with Gasteiger partial charge in [-0.2, -0.15) is 4.31 Å². The summed E-state index contributed by atoms with van der Waals surface area (Å²) in [5, 5.41) is 2.93. The molecule has 0 unspecified atom stereocenters. The van der Waals surface area contributed by atoms with Gasteiger partial charge in [0.2, 0.25) is 15.9 Å². The van der Waals surface area contributed by atoms with E-state index in [0.29, 0.717) is 44.0 Å². The van der Waals surface area contributed by atoms with Gasteiger partial charge in [-0.3, -0.25) is 4.79 Å². The normalized spacial score (nSPS) is 14.9. The highest BCUT2D eigenvalue weighted by Gasteiger charge is 2.25. The average molecular weight is 445 g/mol. The minimum absolute atomic E-state index is 0.0312. The number of nitrogens with zero attached hydrogens (tertiary/aromatic N) is 1. The second-order valence-corrected chi connectivity index (χ2v) is 9.82. The number of aryl methyl sites for hydroxylation is 1. The average Bonchev–Trinajstić information content (AvgIpc) is 2.81. The molecule has 1 saturated heterocycles. The molecule has 1 N–H and O–H groups in total. The van der Waals surface area contributed by atoms with Crippen molar-refractivity contribution in [2.75, 3.05) is 19.7 Å². The van der Waals surface area contributed by atoms with Gasteiger partial charge in [-0.1, -0.05) is 37.6 Å². The van der Waals surface area contributed by atoms with Crippen molar-refractivity contribution in [3.8, 4) is 5.75 Å². The molecule has 2 aromatic rings. The molecule has 0 saturated carbocycles. The molecule has 0 aliphatic carbocycles. The standard InChI is InChI=1S/C24H32N2O4S/c1-2-18-30-22-11-6-21(7-12-22)19-25-24(27)15-10-20-8-13-23(14-9-20)31(28,29)26-16-4-3-5-17-26/h6-9,11-14H,2-5,10,15-19H2,1H3,(H,25,27). The van der Waals surface area contributed by atoms with Crippen molar-refractivity contribution in [1.82, 2.24) is 9.62 Å². The lowest BCUT2D eigenvalue weighted by atomic mass is 10.1. The lowest BCUT2D eigenvalue weighted by Crippen LogP contribution is -2.35. The van der Waals surface area contributed by atoms with Crippen LogP contribution in [0, 0.1) is 0 Å². The van der Waals surface area contributed by atoms with E-state index >= 15 is 0 Å². The van der Waals surface area contributed by atoms with Crippen molar-refractivity contribution in [1.29, 1.82) is 0 Å². The largest absolute Gasteiger partial charge is 0.494 e. The van der Waals surface area contributed by atoms with E-state index < -0.39 is 10.0 Å². The quantitative estimate of drug-likeness (QED) is 0.603. The molecular formula is C24H32N2O4S. The minimum Gasteiger partial charge on any atom is -0.494 e. The van der Waals surface area contributed by atoms with Crippen LogP contribution >= 0.6 is 0 Å². The summed E-state index contributed by atoms with van der Waals surface area (Å²) in [7, 11) is -3.41. The molecule has 0 atom stereocenters. The summed E-state index contributed by atoms with van der Waals surface area (Å²) < 4.78 is 32.6. The van der Waals surface area contributed by atoms with Crippen LogP contribution in [0.3, 0.4) is 0 Å². The number of nitrogens with one attached hydrogen (secondary N) is 1. The summed E-state index contributed by atoms with van der Waals surface area (Å²) in [5.41, 5.74) is 1.97. The number of piperidine rings is 1. The van der Waals surface area contributed by atoms with Gasteiger partial charge in [-0.15, -0.1) is 0 Å². The van der Waals surface area contributed by atoms with E-state index in [9.17, 15) is 13.2 Å². The maximum Gasteiger partial charge on any atom is 0.243 e. The lowest BCUT2D eigenvalue weighted by molar-refractivity contribution is -0.121. The molecule has 6 nitrogen and oxygen atoms in total. The maximum absolute atomic E-state index is 12.7. The summed E-state index contributed by atoms with van der Waals surface area (Å²) in [4.78, 5) is 12.5. The number of amides is 1. The summed E-state index contributed by atoms with van der Waals surface area (Å²) in [5.74, 6) is 0.805. The summed E-state index contributed by atoms with van der Waals surface area (Å²) in [6, 6.07) is 14.6. The fourth-order valence-electron chi connectivity index (χ4n) is 3.55. The number of carbonyl (C=O) groups is 1. The Labute approximate surface area is 185 Å². The Morgan fingerprint density at radius 3 is 2.26 bits per heavy atom. The zero-order chi connectivity index (χ0) is 22.1. The monoisotopic (exact) mass is 444 g/mol. The van der Waals surface area contributed by atoms with Gasteiger partial charge in [-0.05, 0) is 61.1 Å².